The molecule has 2 N–H and O–H groups in total. The van der Waals surface area contributed by atoms with E-state index in [1.165, 1.54) is 0 Å². The van der Waals surface area contributed by atoms with Crippen LogP contribution in [0.4, 0.5) is 5.69 Å². The predicted octanol–water partition coefficient (Wildman–Crippen LogP) is 2.69. The Morgan fingerprint density at radius 3 is 2.50 bits per heavy atom. The Labute approximate surface area is 105 Å². The molecule has 0 heterocycles. The van der Waals surface area contributed by atoms with Gasteiger partial charge in [0.25, 0.3) is 0 Å². The van der Waals surface area contributed by atoms with Crippen LogP contribution < -0.4 is 10.6 Å². The highest BCUT2D eigenvalue weighted by molar-refractivity contribution is 9.10. The van der Waals surface area contributed by atoms with Crippen molar-refractivity contribution in [2.75, 3.05) is 12.4 Å². The zero-order valence-electron chi connectivity index (χ0n) is 10.0. The third kappa shape index (κ3) is 3.06. The molecule has 0 radical (unpaired) electrons. The van der Waals surface area contributed by atoms with Crippen LogP contribution in [0.15, 0.2) is 22.7 Å². The average Bonchev–Trinajstić information content (AvgIpc) is 2.23. The van der Waals surface area contributed by atoms with Gasteiger partial charge < -0.3 is 10.6 Å². The van der Waals surface area contributed by atoms with Gasteiger partial charge in [-0.3, -0.25) is 4.79 Å². The van der Waals surface area contributed by atoms with Gasteiger partial charge in [-0.05, 0) is 45.5 Å². The molecule has 0 atom stereocenters. The van der Waals surface area contributed by atoms with Crippen LogP contribution in [0.25, 0.3) is 0 Å². The van der Waals surface area contributed by atoms with Crippen molar-refractivity contribution in [2.24, 2.45) is 0 Å². The van der Waals surface area contributed by atoms with Crippen molar-refractivity contribution in [3.8, 4) is 0 Å². The molecule has 3 nitrogen and oxygen atoms in total. The number of benzene rings is 1. The molecule has 1 amide bonds. The normalized spacial score (nSPS) is 11.3. The second-order valence-corrected chi connectivity index (χ2v) is 5.15. The molecule has 1 aromatic rings. The van der Waals surface area contributed by atoms with Gasteiger partial charge in [-0.15, -0.1) is 0 Å². The highest BCUT2D eigenvalue weighted by Gasteiger charge is 2.25. The van der Waals surface area contributed by atoms with E-state index in [0.29, 0.717) is 0 Å². The van der Waals surface area contributed by atoms with E-state index < -0.39 is 5.54 Å². The standard InChI is InChI=1S/C12H17BrN2O/c1-8-5-6-9(7-10(8)13)15-11(16)12(2,3)14-4/h5-7,14H,1-4H3,(H,15,16). The molecular formula is C12H17BrN2O. The molecule has 0 spiro atoms. The minimum atomic E-state index is -0.572. The fraction of sp³-hybridized carbons (Fsp3) is 0.417. The van der Waals surface area contributed by atoms with Gasteiger partial charge in [-0.25, -0.2) is 0 Å². The second kappa shape index (κ2) is 4.97. The van der Waals surface area contributed by atoms with Crippen LogP contribution in [-0.4, -0.2) is 18.5 Å². The molecule has 0 aliphatic carbocycles. The van der Waals surface area contributed by atoms with Gasteiger partial charge in [0.1, 0.15) is 0 Å². The van der Waals surface area contributed by atoms with Gasteiger partial charge in [0.15, 0.2) is 0 Å². The number of hydrogen-bond acceptors (Lipinski definition) is 2. The predicted molar refractivity (Wildman–Crippen MR) is 70.6 cm³/mol. The molecule has 0 saturated carbocycles. The summed E-state index contributed by atoms with van der Waals surface area (Å²) in [6.07, 6.45) is 0. The highest BCUT2D eigenvalue weighted by Crippen LogP contribution is 2.21. The number of likely N-dealkylation sites (N-methyl/N-ethyl adjacent to an activating group) is 1. The van der Waals surface area contributed by atoms with Crippen LogP contribution in [0.2, 0.25) is 0 Å². The minimum Gasteiger partial charge on any atom is -0.324 e. The quantitative estimate of drug-likeness (QED) is 0.896. The maximum absolute atomic E-state index is 11.9. The van der Waals surface area contributed by atoms with Gasteiger partial charge in [-0.1, -0.05) is 22.0 Å². The summed E-state index contributed by atoms with van der Waals surface area (Å²) in [5.74, 6) is -0.0502. The van der Waals surface area contributed by atoms with Crippen LogP contribution in [0.1, 0.15) is 19.4 Å². The number of aryl methyl sites for hydroxylation is 1. The first-order valence-corrected chi connectivity index (χ1v) is 5.92. The Morgan fingerprint density at radius 2 is 2.00 bits per heavy atom. The lowest BCUT2D eigenvalue weighted by atomic mass is 10.1. The van der Waals surface area contributed by atoms with Gasteiger partial charge in [0.2, 0.25) is 5.91 Å². The van der Waals surface area contributed by atoms with E-state index in [-0.39, 0.29) is 5.91 Å². The van der Waals surface area contributed by atoms with Crippen molar-refractivity contribution < 1.29 is 4.79 Å². The summed E-state index contributed by atoms with van der Waals surface area (Å²) in [5, 5.41) is 5.83. The number of carbonyl (C=O) groups excluding carboxylic acids is 1. The van der Waals surface area contributed by atoms with Gasteiger partial charge >= 0.3 is 0 Å². The van der Waals surface area contributed by atoms with Crippen LogP contribution >= 0.6 is 15.9 Å². The second-order valence-electron chi connectivity index (χ2n) is 4.29. The minimum absolute atomic E-state index is 0.0502. The summed E-state index contributed by atoms with van der Waals surface area (Å²) in [6.45, 7) is 5.68. The Morgan fingerprint density at radius 1 is 1.38 bits per heavy atom. The fourth-order valence-corrected chi connectivity index (χ4v) is 1.45. The summed E-state index contributed by atoms with van der Waals surface area (Å²) in [5.41, 5.74) is 1.37. The van der Waals surface area contributed by atoms with Crippen molar-refractivity contribution in [3.63, 3.8) is 0 Å². The Kier molecular flexibility index (Phi) is 4.10. The van der Waals surface area contributed by atoms with Gasteiger partial charge in [0, 0.05) is 10.2 Å². The lowest BCUT2D eigenvalue weighted by molar-refractivity contribution is -0.121. The van der Waals surface area contributed by atoms with Crippen LogP contribution in [0.3, 0.4) is 0 Å². The lowest BCUT2D eigenvalue weighted by Gasteiger charge is -2.22. The van der Waals surface area contributed by atoms with E-state index in [9.17, 15) is 4.79 Å². The molecule has 0 fully saturated rings. The number of rotatable bonds is 3. The number of amides is 1. The zero-order chi connectivity index (χ0) is 12.3. The molecule has 1 rings (SSSR count). The summed E-state index contributed by atoms with van der Waals surface area (Å²) < 4.78 is 0.993. The SMILES string of the molecule is CNC(C)(C)C(=O)Nc1ccc(C)c(Br)c1. The summed E-state index contributed by atoms with van der Waals surface area (Å²) in [4.78, 5) is 11.9. The van der Waals surface area contributed by atoms with Gasteiger partial charge in [-0.2, -0.15) is 0 Å². The summed E-state index contributed by atoms with van der Waals surface area (Å²) >= 11 is 3.44. The van der Waals surface area contributed by atoms with E-state index in [1.807, 2.05) is 39.0 Å². The first kappa shape index (κ1) is 13.2. The van der Waals surface area contributed by atoms with Gasteiger partial charge in [0.05, 0.1) is 5.54 Å². The molecular weight excluding hydrogens is 268 g/mol. The third-order valence-corrected chi connectivity index (χ3v) is 3.48. The first-order chi connectivity index (χ1) is 7.36. The molecule has 0 bridgehead atoms. The molecule has 88 valence electrons. The summed E-state index contributed by atoms with van der Waals surface area (Å²) in [6, 6.07) is 5.76. The number of carbonyl (C=O) groups is 1. The van der Waals surface area contributed by atoms with E-state index in [0.717, 1.165) is 15.7 Å². The molecule has 4 heteroatoms. The lowest BCUT2D eigenvalue weighted by Crippen LogP contribution is -2.47. The molecule has 0 aliphatic heterocycles. The Hall–Kier alpha value is -0.870. The van der Waals surface area contributed by atoms with Crippen LogP contribution in [0.5, 0.6) is 0 Å². The smallest absolute Gasteiger partial charge is 0.244 e. The highest BCUT2D eigenvalue weighted by atomic mass is 79.9. The number of anilines is 1. The van der Waals surface area contributed by atoms with Crippen LogP contribution in [0, 0.1) is 6.92 Å². The largest absolute Gasteiger partial charge is 0.324 e. The average molecular weight is 285 g/mol. The molecule has 0 saturated heterocycles. The monoisotopic (exact) mass is 284 g/mol. The van der Waals surface area contributed by atoms with E-state index >= 15 is 0 Å². The Balaban J connectivity index is 2.82. The Bertz CT molecular complexity index is 402. The van der Waals surface area contributed by atoms with Crippen molar-refractivity contribution in [1.82, 2.24) is 5.32 Å². The van der Waals surface area contributed by atoms with E-state index in [4.69, 9.17) is 0 Å². The maximum atomic E-state index is 11.9. The van der Waals surface area contributed by atoms with E-state index in [1.54, 1.807) is 7.05 Å². The molecule has 0 aliphatic rings. The van der Waals surface area contributed by atoms with Crippen molar-refractivity contribution in [3.05, 3.63) is 28.2 Å². The van der Waals surface area contributed by atoms with Crippen molar-refractivity contribution >= 4 is 27.5 Å². The molecule has 0 aromatic heterocycles. The number of halogens is 1. The maximum Gasteiger partial charge on any atom is 0.244 e. The topological polar surface area (TPSA) is 41.1 Å². The number of nitrogens with one attached hydrogen (secondary N) is 2. The fourth-order valence-electron chi connectivity index (χ4n) is 1.07. The first-order valence-electron chi connectivity index (χ1n) is 5.13. The summed E-state index contributed by atoms with van der Waals surface area (Å²) in [7, 11) is 1.77. The van der Waals surface area contributed by atoms with Crippen molar-refractivity contribution in [2.45, 2.75) is 26.3 Å². The molecule has 0 unspecified atom stereocenters. The molecule has 1 aromatic carbocycles. The van der Waals surface area contributed by atoms with Crippen molar-refractivity contribution in [1.29, 1.82) is 0 Å². The molecule has 16 heavy (non-hydrogen) atoms. The van der Waals surface area contributed by atoms with Crippen LogP contribution in [-0.2, 0) is 4.79 Å². The van der Waals surface area contributed by atoms with E-state index in [2.05, 4.69) is 26.6 Å². The number of hydrogen-bond donors (Lipinski definition) is 2. The third-order valence-electron chi connectivity index (χ3n) is 2.62. The zero-order valence-corrected chi connectivity index (χ0v) is 11.6.